The van der Waals surface area contributed by atoms with Crippen molar-refractivity contribution in [1.82, 2.24) is 15.2 Å². The van der Waals surface area contributed by atoms with Crippen LogP contribution in [0.3, 0.4) is 0 Å². The van der Waals surface area contributed by atoms with Crippen LogP contribution in [-0.2, 0) is 0 Å². The van der Waals surface area contributed by atoms with Gasteiger partial charge in [0.25, 0.3) is 0 Å². The van der Waals surface area contributed by atoms with Gasteiger partial charge in [-0.3, -0.25) is 5.10 Å². The van der Waals surface area contributed by atoms with E-state index in [9.17, 15) is 0 Å². The van der Waals surface area contributed by atoms with Crippen LogP contribution in [0.25, 0.3) is 0 Å². The molecule has 2 atom stereocenters. The van der Waals surface area contributed by atoms with Crippen LogP contribution in [-0.4, -0.2) is 21.2 Å². The summed E-state index contributed by atoms with van der Waals surface area (Å²) in [6.45, 7) is 2.29. The van der Waals surface area contributed by atoms with Gasteiger partial charge in [0.2, 0.25) is 4.77 Å². The van der Waals surface area contributed by atoms with Crippen LogP contribution in [0.1, 0.15) is 32.6 Å². The summed E-state index contributed by atoms with van der Waals surface area (Å²) < 4.78 is 0.434. The van der Waals surface area contributed by atoms with Crippen LogP contribution in [0, 0.1) is 10.7 Å². The topological polar surface area (TPSA) is 53.6 Å². The first-order chi connectivity index (χ1) is 7.25. The maximum atomic E-state index is 4.93. The molecule has 82 valence electrons. The Morgan fingerprint density at radius 3 is 3.00 bits per heavy atom. The molecule has 0 spiro atoms. The zero-order chi connectivity index (χ0) is 10.7. The van der Waals surface area contributed by atoms with Gasteiger partial charge in [-0.15, -0.1) is 0 Å². The number of aromatic nitrogens is 3. The first-order valence-corrected chi connectivity index (χ1v) is 5.85. The average molecular weight is 224 g/mol. The Bertz CT molecular complexity index is 376. The molecule has 2 unspecified atom stereocenters. The predicted octanol–water partition coefficient (Wildman–Crippen LogP) is 2.52. The standard InChI is InChI=1S/C10H16N4S/c1-7-4-2-3-5-8(7)12-9-6-11-14-10(15)13-9/h6-8H,2-5H2,1H3,(H2,12,13,14,15). The number of anilines is 1. The van der Waals surface area contributed by atoms with Crippen LogP contribution >= 0.6 is 12.2 Å². The second-order valence-corrected chi connectivity index (χ2v) is 4.57. The molecule has 15 heavy (non-hydrogen) atoms. The van der Waals surface area contributed by atoms with Gasteiger partial charge in [-0.2, -0.15) is 5.10 Å². The molecule has 1 heterocycles. The summed E-state index contributed by atoms with van der Waals surface area (Å²) in [6.07, 6.45) is 6.85. The number of nitrogens with one attached hydrogen (secondary N) is 2. The summed E-state index contributed by atoms with van der Waals surface area (Å²) in [6, 6.07) is 0.518. The van der Waals surface area contributed by atoms with E-state index >= 15 is 0 Å². The van der Waals surface area contributed by atoms with E-state index in [2.05, 4.69) is 27.4 Å². The first-order valence-electron chi connectivity index (χ1n) is 5.44. The minimum Gasteiger partial charge on any atom is -0.366 e. The molecule has 0 amide bonds. The monoisotopic (exact) mass is 224 g/mol. The molecule has 5 heteroatoms. The summed E-state index contributed by atoms with van der Waals surface area (Å²) in [7, 11) is 0. The van der Waals surface area contributed by atoms with Crippen molar-refractivity contribution in [3.63, 3.8) is 0 Å². The molecular weight excluding hydrogens is 208 g/mol. The fourth-order valence-corrected chi connectivity index (χ4v) is 2.25. The van der Waals surface area contributed by atoms with E-state index in [1.165, 1.54) is 25.7 Å². The van der Waals surface area contributed by atoms with Gasteiger partial charge in [0.05, 0.1) is 6.20 Å². The molecule has 1 aromatic heterocycles. The third-order valence-corrected chi connectivity index (χ3v) is 3.20. The summed E-state index contributed by atoms with van der Waals surface area (Å²) in [5.41, 5.74) is 0. The van der Waals surface area contributed by atoms with Gasteiger partial charge in [0.1, 0.15) is 5.82 Å². The Morgan fingerprint density at radius 2 is 2.27 bits per heavy atom. The Labute approximate surface area is 94.5 Å². The molecule has 0 radical (unpaired) electrons. The van der Waals surface area contributed by atoms with Gasteiger partial charge in [0.15, 0.2) is 0 Å². The smallest absolute Gasteiger partial charge is 0.215 e. The molecule has 1 aliphatic carbocycles. The molecule has 1 aromatic rings. The molecule has 1 fully saturated rings. The third kappa shape index (κ3) is 2.75. The van der Waals surface area contributed by atoms with Crippen LogP contribution in [0.4, 0.5) is 5.82 Å². The molecule has 2 rings (SSSR count). The van der Waals surface area contributed by atoms with Crippen molar-refractivity contribution < 1.29 is 0 Å². The lowest BCUT2D eigenvalue weighted by Crippen LogP contribution is -2.30. The Kier molecular flexibility index (Phi) is 3.30. The van der Waals surface area contributed by atoms with Crippen molar-refractivity contribution in [1.29, 1.82) is 0 Å². The van der Waals surface area contributed by atoms with Crippen molar-refractivity contribution in [2.24, 2.45) is 5.92 Å². The highest BCUT2D eigenvalue weighted by atomic mass is 32.1. The van der Waals surface area contributed by atoms with Gasteiger partial charge < -0.3 is 5.32 Å². The van der Waals surface area contributed by atoms with Gasteiger partial charge in [0, 0.05) is 6.04 Å². The quantitative estimate of drug-likeness (QED) is 0.758. The van der Waals surface area contributed by atoms with Crippen molar-refractivity contribution >= 4 is 18.0 Å². The lowest BCUT2D eigenvalue weighted by molar-refractivity contribution is 0.349. The van der Waals surface area contributed by atoms with E-state index in [0.717, 1.165) is 5.82 Å². The van der Waals surface area contributed by atoms with Crippen molar-refractivity contribution in [2.75, 3.05) is 5.32 Å². The zero-order valence-corrected chi connectivity index (χ0v) is 9.68. The Hall–Kier alpha value is -0.970. The summed E-state index contributed by atoms with van der Waals surface area (Å²) in [5.74, 6) is 1.50. The highest BCUT2D eigenvalue weighted by molar-refractivity contribution is 7.71. The van der Waals surface area contributed by atoms with E-state index < -0.39 is 0 Å². The molecule has 1 saturated carbocycles. The fraction of sp³-hybridized carbons (Fsp3) is 0.700. The minimum absolute atomic E-state index is 0.434. The largest absolute Gasteiger partial charge is 0.366 e. The molecule has 1 aliphatic rings. The number of aromatic amines is 1. The van der Waals surface area contributed by atoms with E-state index in [0.29, 0.717) is 16.7 Å². The maximum Gasteiger partial charge on any atom is 0.215 e. The van der Waals surface area contributed by atoms with Gasteiger partial charge in [-0.05, 0) is 31.0 Å². The highest BCUT2D eigenvalue weighted by Crippen LogP contribution is 2.25. The molecule has 0 bridgehead atoms. The molecule has 0 aromatic carbocycles. The number of rotatable bonds is 2. The lowest BCUT2D eigenvalue weighted by atomic mass is 9.86. The van der Waals surface area contributed by atoms with E-state index in [1.54, 1.807) is 6.20 Å². The van der Waals surface area contributed by atoms with E-state index in [4.69, 9.17) is 12.2 Å². The number of hydrogen-bond acceptors (Lipinski definition) is 4. The normalized spacial score (nSPS) is 26.2. The third-order valence-electron chi connectivity index (χ3n) is 3.01. The lowest BCUT2D eigenvalue weighted by Gasteiger charge is -2.29. The van der Waals surface area contributed by atoms with Crippen molar-refractivity contribution in [2.45, 2.75) is 38.6 Å². The van der Waals surface area contributed by atoms with Gasteiger partial charge in [-0.1, -0.05) is 19.8 Å². The van der Waals surface area contributed by atoms with Crippen LogP contribution in [0.15, 0.2) is 6.20 Å². The molecule has 4 nitrogen and oxygen atoms in total. The Morgan fingerprint density at radius 1 is 1.47 bits per heavy atom. The maximum absolute atomic E-state index is 4.93. The van der Waals surface area contributed by atoms with Crippen molar-refractivity contribution in [3.8, 4) is 0 Å². The van der Waals surface area contributed by atoms with E-state index in [-0.39, 0.29) is 0 Å². The summed E-state index contributed by atoms with van der Waals surface area (Å²) in [5, 5.41) is 9.97. The zero-order valence-electron chi connectivity index (χ0n) is 8.86. The predicted molar refractivity (Wildman–Crippen MR) is 62.3 cm³/mol. The molecular formula is C10H16N4S. The van der Waals surface area contributed by atoms with Gasteiger partial charge >= 0.3 is 0 Å². The first kappa shape index (κ1) is 10.5. The van der Waals surface area contributed by atoms with Crippen molar-refractivity contribution in [3.05, 3.63) is 11.0 Å². The molecule has 0 saturated heterocycles. The number of nitrogens with zero attached hydrogens (tertiary/aromatic N) is 2. The van der Waals surface area contributed by atoms with Crippen LogP contribution in [0.5, 0.6) is 0 Å². The van der Waals surface area contributed by atoms with Gasteiger partial charge in [-0.25, -0.2) is 4.98 Å². The fourth-order valence-electron chi connectivity index (χ4n) is 2.10. The Balaban J connectivity index is 2.04. The highest BCUT2D eigenvalue weighted by Gasteiger charge is 2.21. The van der Waals surface area contributed by atoms with Crippen LogP contribution < -0.4 is 5.32 Å². The molecule has 0 aliphatic heterocycles. The second-order valence-electron chi connectivity index (χ2n) is 4.18. The second kappa shape index (κ2) is 4.70. The summed E-state index contributed by atoms with van der Waals surface area (Å²) >= 11 is 4.93. The summed E-state index contributed by atoms with van der Waals surface area (Å²) in [4.78, 5) is 4.19. The molecule has 2 N–H and O–H groups in total. The SMILES string of the molecule is CC1CCCCC1Nc1cn[nH]c(=S)n1. The average Bonchev–Trinajstić information content (AvgIpc) is 2.22. The minimum atomic E-state index is 0.434. The van der Waals surface area contributed by atoms with Crippen LogP contribution in [0.2, 0.25) is 0 Å². The number of H-pyrrole nitrogens is 1. The van der Waals surface area contributed by atoms with E-state index in [1.807, 2.05) is 0 Å². The number of hydrogen-bond donors (Lipinski definition) is 2.